The van der Waals surface area contributed by atoms with E-state index < -0.39 is 7.12 Å². The van der Waals surface area contributed by atoms with E-state index in [1.807, 2.05) is 19.9 Å². The number of benzene rings is 1. The maximum absolute atomic E-state index is 11.3. The molecule has 15 heavy (non-hydrogen) atoms. The van der Waals surface area contributed by atoms with E-state index in [2.05, 4.69) is 0 Å². The summed E-state index contributed by atoms with van der Waals surface area (Å²) in [5, 5.41) is 9.71. The molecule has 1 unspecified atom stereocenters. The minimum absolute atomic E-state index is 0.0158. The lowest BCUT2D eigenvalue weighted by Gasteiger charge is -2.08. The van der Waals surface area contributed by atoms with Gasteiger partial charge < -0.3 is 9.68 Å². The number of carbonyl (C=O) groups is 1. The van der Waals surface area contributed by atoms with Crippen molar-refractivity contribution in [3.63, 3.8) is 0 Å². The third-order valence-electron chi connectivity index (χ3n) is 2.95. The molecule has 0 aliphatic carbocycles. The fraction of sp³-hybridized carbons (Fsp3) is 0.364. The Morgan fingerprint density at radius 1 is 1.53 bits per heavy atom. The van der Waals surface area contributed by atoms with Gasteiger partial charge in [-0.3, -0.25) is 4.79 Å². The maximum atomic E-state index is 11.3. The van der Waals surface area contributed by atoms with Crippen molar-refractivity contribution in [1.82, 2.24) is 0 Å². The molecule has 0 amide bonds. The fourth-order valence-corrected chi connectivity index (χ4v) is 2.15. The van der Waals surface area contributed by atoms with Gasteiger partial charge in [0.25, 0.3) is 0 Å². The predicted octanol–water partition coefficient (Wildman–Crippen LogP) is 0.976. The molecule has 1 aromatic rings. The van der Waals surface area contributed by atoms with Gasteiger partial charge in [-0.1, -0.05) is 12.1 Å². The van der Waals surface area contributed by atoms with Crippen LogP contribution >= 0.6 is 0 Å². The average Bonchev–Trinajstić information content (AvgIpc) is 2.43. The van der Waals surface area contributed by atoms with E-state index in [-0.39, 0.29) is 11.9 Å². The molecule has 3 nitrogen and oxygen atoms in total. The Morgan fingerprint density at radius 2 is 2.20 bits per heavy atom. The lowest BCUT2D eigenvalue weighted by molar-refractivity contribution is 0.101. The van der Waals surface area contributed by atoms with Crippen molar-refractivity contribution in [3.8, 4) is 0 Å². The van der Waals surface area contributed by atoms with Crippen LogP contribution in [0.25, 0.3) is 0 Å². The molecule has 78 valence electrons. The summed E-state index contributed by atoms with van der Waals surface area (Å²) in [6, 6.07) is 3.66. The lowest BCUT2D eigenvalue weighted by Crippen LogP contribution is -2.31. The number of hydrogen-bond acceptors (Lipinski definition) is 3. The topological polar surface area (TPSA) is 46.5 Å². The number of fused-ring (bicyclic) bond motifs is 1. The second kappa shape index (κ2) is 3.47. The molecule has 0 saturated heterocycles. The molecule has 1 aliphatic heterocycles. The van der Waals surface area contributed by atoms with Gasteiger partial charge in [-0.2, -0.15) is 0 Å². The molecule has 1 heterocycles. The summed E-state index contributed by atoms with van der Waals surface area (Å²) >= 11 is 0. The third-order valence-corrected chi connectivity index (χ3v) is 2.95. The highest BCUT2D eigenvalue weighted by atomic mass is 16.5. The van der Waals surface area contributed by atoms with E-state index in [1.165, 1.54) is 6.92 Å². The summed E-state index contributed by atoms with van der Waals surface area (Å²) in [6.45, 7) is 5.27. The molecule has 4 heteroatoms. The van der Waals surface area contributed by atoms with Gasteiger partial charge >= 0.3 is 7.12 Å². The van der Waals surface area contributed by atoms with E-state index in [0.29, 0.717) is 5.56 Å². The Kier molecular flexibility index (Phi) is 2.40. The summed E-state index contributed by atoms with van der Waals surface area (Å²) in [4.78, 5) is 11.3. The van der Waals surface area contributed by atoms with Crippen LogP contribution in [0.1, 0.15) is 41.4 Å². The molecule has 0 aromatic heterocycles. The summed E-state index contributed by atoms with van der Waals surface area (Å²) in [5.74, 6) is 0.0158. The molecule has 0 saturated carbocycles. The van der Waals surface area contributed by atoms with E-state index in [0.717, 1.165) is 16.6 Å². The first kappa shape index (κ1) is 10.4. The van der Waals surface area contributed by atoms with Crippen molar-refractivity contribution >= 4 is 18.4 Å². The van der Waals surface area contributed by atoms with Crippen molar-refractivity contribution in [2.45, 2.75) is 26.9 Å². The van der Waals surface area contributed by atoms with Gasteiger partial charge in [-0.05, 0) is 37.4 Å². The standard InChI is InChI=1S/C11H13BO3/c1-6-9(7(2)13)4-5-10-8(3)15-12(14)11(6)10/h4-5,8,14H,1-3H3. The van der Waals surface area contributed by atoms with Crippen LogP contribution in [0.2, 0.25) is 0 Å². The molecule has 0 spiro atoms. The zero-order chi connectivity index (χ0) is 11.2. The molecular formula is C11H13BO3. The smallest absolute Gasteiger partial charge is 0.423 e. The fourth-order valence-electron chi connectivity index (χ4n) is 2.15. The van der Waals surface area contributed by atoms with Crippen molar-refractivity contribution in [3.05, 3.63) is 28.8 Å². The molecule has 2 rings (SSSR count). The molecule has 1 atom stereocenters. The molecular weight excluding hydrogens is 191 g/mol. The Hall–Kier alpha value is -1.13. The third kappa shape index (κ3) is 1.50. The largest absolute Gasteiger partial charge is 0.492 e. The Morgan fingerprint density at radius 3 is 2.80 bits per heavy atom. The van der Waals surface area contributed by atoms with E-state index in [9.17, 15) is 9.82 Å². The number of rotatable bonds is 1. The molecule has 0 radical (unpaired) electrons. The normalized spacial score (nSPS) is 19.2. The van der Waals surface area contributed by atoms with Crippen LogP contribution in [0.3, 0.4) is 0 Å². The van der Waals surface area contributed by atoms with Gasteiger partial charge in [-0.15, -0.1) is 0 Å². The Balaban J connectivity index is 2.63. The molecule has 0 bridgehead atoms. The van der Waals surface area contributed by atoms with Gasteiger partial charge in [0, 0.05) is 5.56 Å². The minimum Gasteiger partial charge on any atom is -0.423 e. The SMILES string of the molecule is CC(=O)c1ccc2c(c1C)B(O)OC2C. The predicted molar refractivity (Wildman–Crippen MR) is 58.3 cm³/mol. The minimum atomic E-state index is -0.894. The van der Waals surface area contributed by atoms with Crippen molar-refractivity contribution in [2.75, 3.05) is 0 Å². The van der Waals surface area contributed by atoms with E-state index in [4.69, 9.17) is 4.65 Å². The number of Topliss-reactive ketones (excluding diaryl/α,β-unsaturated/α-hetero) is 1. The lowest BCUT2D eigenvalue weighted by atomic mass is 9.74. The van der Waals surface area contributed by atoms with Crippen LogP contribution in [0.4, 0.5) is 0 Å². The highest BCUT2D eigenvalue weighted by Gasteiger charge is 2.34. The zero-order valence-corrected chi connectivity index (χ0v) is 9.07. The van der Waals surface area contributed by atoms with E-state index in [1.54, 1.807) is 6.07 Å². The van der Waals surface area contributed by atoms with Gasteiger partial charge in [0.15, 0.2) is 5.78 Å². The Labute approximate surface area is 89.2 Å². The van der Waals surface area contributed by atoms with Crippen LogP contribution in [-0.4, -0.2) is 17.9 Å². The molecule has 0 fully saturated rings. The van der Waals surface area contributed by atoms with Crippen molar-refractivity contribution < 1.29 is 14.5 Å². The van der Waals surface area contributed by atoms with Crippen LogP contribution in [0.5, 0.6) is 0 Å². The maximum Gasteiger partial charge on any atom is 0.492 e. The van der Waals surface area contributed by atoms with Gasteiger partial charge in [0.05, 0.1) is 6.10 Å². The summed E-state index contributed by atoms with van der Waals surface area (Å²) in [7, 11) is -0.894. The van der Waals surface area contributed by atoms with Crippen LogP contribution in [-0.2, 0) is 4.65 Å². The summed E-state index contributed by atoms with van der Waals surface area (Å²) in [5.41, 5.74) is 3.22. The highest BCUT2D eigenvalue weighted by molar-refractivity contribution is 6.62. The monoisotopic (exact) mass is 204 g/mol. The first-order valence-corrected chi connectivity index (χ1v) is 5.00. The number of hydrogen-bond donors (Lipinski definition) is 1. The second-order valence-corrected chi connectivity index (χ2v) is 3.93. The Bertz CT molecular complexity index is 428. The average molecular weight is 204 g/mol. The molecule has 1 aromatic carbocycles. The number of ketones is 1. The van der Waals surface area contributed by atoms with Crippen molar-refractivity contribution in [1.29, 1.82) is 0 Å². The highest BCUT2D eigenvalue weighted by Crippen LogP contribution is 2.25. The quantitative estimate of drug-likeness (QED) is 0.547. The van der Waals surface area contributed by atoms with Gasteiger partial charge in [0.2, 0.25) is 0 Å². The van der Waals surface area contributed by atoms with Gasteiger partial charge in [0.1, 0.15) is 0 Å². The van der Waals surface area contributed by atoms with Gasteiger partial charge in [-0.25, -0.2) is 0 Å². The van der Waals surface area contributed by atoms with Crippen LogP contribution in [0.15, 0.2) is 12.1 Å². The summed E-state index contributed by atoms with van der Waals surface area (Å²) < 4.78 is 5.29. The van der Waals surface area contributed by atoms with Crippen LogP contribution < -0.4 is 5.46 Å². The van der Waals surface area contributed by atoms with Crippen molar-refractivity contribution in [2.24, 2.45) is 0 Å². The van der Waals surface area contributed by atoms with Crippen LogP contribution in [0, 0.1) is 6.92 Å². The second-order valence-electron chi connectivity index (χ2n) is 3.93. The molecule has 1 N–H and O–H groups in total. The molecule has 1 aliphatic rings. The number of carbonyl (C=O) groups excluding carboxylic acids is 1. The zero-order valence-electron chi connectivity index (χ0n) is 9.07. The summed E-state index contributed by atoms with van der Waals surface area (Å²) in [6.07, 6.45) is -0.102. The first-order chi connectivity index (χ1) is 7.02. The van der Waals surface area contributed by atoms with E-state index >= 15 is 0 Å². The first-order valence-electron chi connectivity index (χ1n) is 5.00.